The fraction of sp³-hybridized carbons (Fsp3) is 0.214. The van der Waals surface area contributed by atoms with Crippen LogP contribution in [-0.2, 0) is 6.42 Å². The van der Waals surface area contributed by atoms with E-state index < -0.39 is 5.82 Å². The number of Topliss-reactive ketones (excluding diaryl/α,β-unsaturated/α-hetero) is 1. The third-order valence-corrected chi connectivity index (χ3v) is 3.59. The van der Waals surface area contributed by atoms with Crippen molar-refractivity contribution < 1.29 is 13.9 Å². The molecular formula is C14H13FO2S. The minimum atomic E-state index is -0.452. The number of rotatable bonds is 5. The summed E-state index contributed by atoms with van der Waals surface area (Å²) in [6.45, 7) is 0. The molecule has 18 heavy (non-hydrogen) atoms. The van der Waals surface area contributed by atoms with E-state index in [0.29, 0.717) is 12.0 Å². The summed E-state index contributed by atoms with van der Waals surface area (Å²) in [7, 11) is 1.39. The van der Waals surface area contributed by atoms with Gasteiger partial charge in [-0.1, -0.05) is 6.07 Å². The first-order valence-electron chi connectivity index (χ1n) is 5.60. The van der Waals surface area contributed by atoms with Gasteiger partial charge in [0.15, 0.2) is 17.3 Å². The Labute approximate surface area is 109 Å². The van der Waals surface area contributed by atoms with Gasteiger partial charge in [-0.2, -0.15) is 0 Å². The number of aryl methyl sites for hydroxylation is 1. The second kappa shape index (κ2) is 5.78. The van der Waals surface area contributed by atoms with Gasteiger partial charge in [0, 0.05) is 16.9 Å². The number of thiophene rings is 1. The smallest absolute Gasteiger partial charge is 0.165 e. The normalized spacial score (nSPS) is 10.3. The van der Waals surface area contributed by atoms with Crippen LogP contribution in [0.5, 0.6) is 5.75 Å². The van der Waals surface area contributed by atoms with Crippen molar-refractivity contribution in [3.8, 4) is 5.75 Å². The zero-order chi connectivity index (χ0) is 13.0. The standard InChI is InChI=1S/C14H13FO2S/c1-17-14-9-10(4-6-12(14)15)13(16)7-5-11-3-2-8-18-11/h2-4,6,8-9H,5,7H2,1H3. The number of halogens is 1. The van der Waals surface area contributed by atoms with Gasteiger partial charge < -0.3 is 4.74 Å². The molecule has 1 heterocycles. The third-order valence-electron chi connectivity index (χ3n) is 2.65. The van der Waals surface area contributed by atoms with Gasteiger partial charge in [0.05, 0.1) is 7.11 Å². The highest BCUT2D eigenvalue weighted by Gasteiger charge is 2.10. The summed E-state index contributed by atoms with van der Waals surface area (Å²) in [4.78, 5) is 13.1. The highest BCUT2D eigenvalue weighted by molar-refractivity contribution is 7.09. The van der Waals surface area contributed by atoms with Gasteiger partial charge in [0.1, 0.15) is 0 Å². The van der Waals surface area contributed by atoms with Gasteiger partial charge in [0.2, 0.25) is 0 Å². The molecule has 0 spiro atoms. The predicted octanol–water partition coefficient (Wildman–Crippen LogP) is 3.71. The van der Waals surface area contributed by atoms with Crippen LogP contribution in [0.15, 0.2) is 35.7 Å². The third kappa shape index (κ3) is 2.96. The van der Waals surface area contributed by atoms with Gasteiger partial charge in [-0.25, -0.2) is 4.39 Å². The lowest BCUT2D eigenvalue weighted by molar-refractivity contribution is 0.0982. The topological polar surface area (TPSA) is 26.3 Å². The van der Waals surface area contributed by atoms with Crippen LogP contribution >= 0.6 is 11.3 Å². The van der Waals surface area contributed by atoms with E-state index in [1.807, 2.05) is 17.5 Å². The number of hydrogen-bond donors (Lipinski definition) is 0. The number of carbonyl (C=O) groups is 1. The number of methoxy groups -OCH3 is 1. The second-order valence-corrected chi connectivity index (χ2v) is 4.88. The van der Waals surface area contributed by atoms with Crippen LogP contribution in [0.4, 0.5) is 4.39 Å². The van der Waals surface area contributed by atoms with E-state index in [-0.39, 0.29) is 11.5 Å². The first-order chi connectivity index (χ1) is 8.70. The summed E-state index contributed by atoms with van der Waals surface area (Å²) in [6, 6.07) is 8.17. The second-order valence-electron chi connectivity index (χ2n) is 3.85. The molecule has 1 aromatic heterocycles. The highest BCUT2D eigenvalue weighted by atomic mass is 32.1. The molecule has 1 aromatic carbocycles. The van der Waals surface area contributed by atoms with E-state index in [4.69, 9.17) is 4.74 Å². The molecule has 0 saturated heterocycles. The number of ether oxygens (including phenoxy) is 1. The fourth-order valence-electron chi connectivity index (χ4n) is 1.67. The van der Waals surface area contributed by atoms with E-state index in [2.05, 4.69) is 0 Å². The molecule has 0 aliphatic rings. The van der Waals surface area contributed by atoms with Crippen molar-refractivity contribution >= 4 is 17.1 Å². The van der Waals surface area contributed by atoms with Gasteiger partial charge >= 0.3 is 0 Å². The van der Waals surface area contributed by atoms with Gasteiger partial charge in [-0.3, -0.25) is 4.79 Å². The maximum atomic E-state index is 13.2. The van der Waals surface area contributed by atoms with Crippen molar-refractivity contribution in [3.05, 3.63) is 52.0 Å². The Morgan fingerprint density at radius 3 is 2.89 bits per heavy atom. The Bertz CT molecular complexity index is 535. The molecule has 0 radical (unpaired) electrons. The first kappa shape index (κ1) is 12.8. The van der Waals surface area contributed by atoms with Crippen LogP contribution in [0.1, 0.15) is 21.7 Å². The van der Waals surface area contributed by atoms with Crippen LogP contribution in [0.25, 0.3) is 0 Å². The van der Waals surface area contributed by atoms with Crippen LogP contribution in [0.2, 0.25) is 0 Å². The largest absolute Gasteiger partial charge is 0.494 e. The Morgan fingerprint density at radius 1 is 1.39 bits per heavy atom. The molecule has 0 amide bonds. The molecule has 0 fully saturated rings. The fourth-order valence-corrected chi connectivity index (χ4v) is 2.38. The van der Waals surface area contributed by atoms with Crippen molar-refractivity contribution in [1.29, 1.82) is 0 Å². The summed E-state index contributed by atoms with van der Waals surface area (Å²) in [6.07, 6.45) is 1.14. The molecule has 0 aliphatic carbocycles. The molecule has 2 rings (SSSR count). The minimum absolute atomic E-state index is 0.00157. The molecule has 0 aliphatic heterocycles. The molecular weight excluding hydrogens is 251 g/mol. The van der Waals surface area contributed by atoms with Crippen molar-refractivity contribution in [2.75, 3.05) is 7.11 Å². The van der Waals surface area contributed by atoms with Crippen molar-refractivity contribution in [2.45, 2.75) is 12.8 Å². The summed E-state index contributed by atoms with van der Waals surface area (Å²) in [5.41, 5.74) is 0.491. The minimum Gasteiger partial charge on any atom is -0.494 e. The summed E-state index contributed by atoms with van der Waals surface area (Å²) in [5.74, 6) is -0.342. The zero-order valence-electron chi connectivity index (χ0n) is 9.98. The SMILES string of the molecule is COc1cc(C(=O)CCc2cccs2)ccc1F. The van der Waals surface area contributed by atoms with Crippen LogP contribution in [0, 0.1) is 5.82 Å². The van der Waals surface area contributed by atoms with E-state index in [1.54, 1.807) is 11.3 Å². The predicted molar refractivity (Wildman–Crippen MR) is 69.9 cm³/mol. The van der Waals surface area contributed by atoms with Crippen LogP contribution in [0.3, 0.4) is 0 Å². The molecule has 2 nitrogen and oxygen atoms in total. The van der Waals surface area contributed by atoms with Gasteiger partial charge in [-0.15, -0.1) is 11.3 Å². The lowest BCUT2D eigenvalue weighted by Crippen LogP contribution is -2.01. The van der Waals surface area contributed by atoms with Crippen LogP contribution in [-0.4, -0.2) is 12.9 Å². The Kier molecular flexibility index (Phi) is 4.10. The van der Waals surface area contributed by atoms with Crippen molar-refractivity contribution in [2.24, 2.45) is 0 Å². The maximum absolute atomic E-state index is 13.2. The highest BCUT2D eigenvalue weighted by Crippen LogP contribution is 2.20. The quantitative estimate of drug-likeness (QED) is 0.769. The van der Waals surface area contributed by atoms with Crippen molar-refractivity contribution in [3.63, 3.8) is 0 Å². The monoisotopic (exact) mass is 264 g/mol. The zero-order valence-corrected chi connectivity index (χ0v) is 10.8. The van der Waals surface area contributed by atoms with E-state index >= 15 is 0 Å². The summed E-state index contributed by atoms with van der Waals surface area (Å²) < 4.78 is 18.1. The number of carbonyl (C=O) groups excluding carboxylic acids is 1. The Balaban J connectivity index is 2.04. The number of hydrogen-bond acceptors (Lipinski definition) is 3. The lowest BCUT2D eigenvalue weighted by atomic mass is 10.1. The maximum Gasteiger partial charge on any atom is 0.165 e. The van der Waals surface area contributed by atoms with Gasteiger partial charge in [0.25, 0.3) is 0 Å². The lowest BCUT2D eigenvalue weighted by Gasteiger charge is -2.04. The first-order valence-corrected chi connectivity index (χ1v) is 6.48. The average molecular weight is 264 g/mol. The average Bonchev–Trinajstić information content (AvgIpc) is 2.89. The van der Waals surface area contributed by atoms with E-state index in [1.165, 1.54) is 30.2 Å². The molecule has 0 atom stereocenters. The summed E-state index contributed by atoms with van der Waals surface area (Å²) in [5, 5.41) is 1.99. The number of ketones is 1. The van der Waals surface area contributed by atoms with E-state index in [9.17, 15) is 9.18 Å². The van der Waals surface area contributed by atoms with Crippen molar-refractivity contribution in [1.82, 2.24) is 0 Å². The molecule has 0 bridgehead atoms. The number of benzene rings is 1. The Morgan fingerprint density at radius 2 is 2.22 bits per heavy atom. The molecule has 0 N–H and O–H groups in total. The molecule has 0 unspecified atom stereocenters. The molecule has 0 saturated carbocycles. The van der Waals surface area contributed by atoms with Gasteiger partial charge in [-0.05, 0) is 36.1 Å². The van der Waals surface area contributed by atoms with E-state index in [0.717, 1.165) is 6.42 Å². The molecule has 4 heteroatoms. The Hall–Kier alpha value is -1.68. The summed E-state index contributed by atoms with van der Waals surface area (Å²) >= 11 is 1.63. The molecule has 94 valence electrons. The van der Waals surface area contributed by atoms with Crippen LogP contribution < -0.4 is 4.74 Å². The molecule has 2 aromatic rings.